The fourth-order valence-electron chi connectivity index (χ4n) is 3.56. The molecule has 0 spiro atoms. The number of carbonyl (C=O) groups is 2. The number of hydrogen-bond acceptors (Lipinski definition) is 4. The number of hydrogen-bond donors (Lipinski definition) is 0. The normalized spacial score (nSPS) is 21.5. The van der Waals surface area contributed by atoms with E-state index in [1.54, 1.807) is 4.90 Å². The summed E-state index contributed by atoms with van der Waals surface area (Å²) in [6, 6.07) is 9.89. The van der Waals surface area contributed by atoms with E-state index < -0.39 is 6.09 Å². The Kier molecular flexibility index (Phi) is 5.23. The lowest BCUT2D eigenvalue weighted by atomic mass is 10.0. The molecule has 0 bridgehead atoms. The number of methoxy groups -OCH3 is 1. The van der Waals surface area contributed by atoms with Gasteiger partial charge in [-0.05, 0) is 31.4 Å². The number of carbonyl (C=O) groups excluding carboxylic acids is 2. The molecule has 1 aromatic carbocycles. The van der Waals surface area contributed by atoms with Crippen LogP contribution in [-0.4, -0.2) is 67.7 Å². The van der Waals surface area contributed by atoms with E-state index in [4.69, 9.17) is 4.74 Å². The first kappa shape index (κ1) is 16.6. The molecule has 0 radical (unpaired) electrons. The predicted octanol–water partition coefficient (Wildman–Crippen LogP) is 1.96. The highest BCUT2D eigenvalue weighted by Crippen LogP contribution is 2.22. The Bertz CT molecular complexity index is 570. The highest BCUT2D eigenvalue weighted by molar-refractivity contribution is 5.86. The van der Waals surface area contributed by atoms with Crippen molar-refractivity contribution in [2.45, 2.75) is 25.3 Å². The number of amides is 2. The SMILES string of the molecule is COC(=O)N1CCCCC1C(=O)N1CCN(c2ccccc2)CC1. The van der Waals surface area contributed by atoms with Gasteiger partial charge in [0.25, 0.3) is 0 Å². The minimum Gasteiger partial charge on any atom is -0.453 e. The monoisotopic (exact) mass is 331 g/mol. The van der Waals surface area contributed by atoms with Crippen molar-refractivity contribution >= 4 is 17.7 Å². The molecule has 0 aliphatic carbocycles. The fourth-order valence-corrected chi connectivity index (χ4v) is 3.56. The Labute approximate surface area is 143 Å². The predicted molar refractivity (Wildman–Crippen MR) is 92.0 cm³/mol. The molecule has 2 heterocycles. The van der Waals surface area contributed by atoms with Crippen molar-refractivity contribution in [3.63, 3.8) is 0 Å². The van der Waals surface area contributed by atoms with E-state index in [-0.39, 0.29) is 11.9 Å². The summed E-state index contributed by atoms with van der Waals surface area (Å²) in [5.74, 6) is 0.0628. The third-order valence-corrected chi connectivity index (χ3v) is 4.91. The molecule has 1 aromatic rings. The van der Waals surface area contributed by atoms with Gasteiger partial charge in [0.1, 0.15) is 6.04 Å². The summed E-state index contributed by atoms with van der Waals surface area (Å²) >= 11 is 0. The summed E-state index contributed by atoms with van der Waals surface area (Å²) in [6.07, 6.45) is 2.25. The van der Waals surface area contributed by atoms with Crippen LogP contribution in [0.1, 0.15) is 19.3 Å². The zero-order valence-electron chi connectivity index (χ0n) is 14.2. The molecule has 1 unspecified atom stereocenters. The summed E-state index contributed by atoms with van der Waals surface area (Å²) in [4.78, 5) is 30.6. The van der Waals surface area contributed by atoms with Crippen LogP contribution in [0.3, 0.4) is 0 Å². The highest BCUT2D eigenvalue weighted by Gasteiger charge is 2.36. The van der Waals surface area contributed by atoms with Crippen molar-refractivity contribution in [3.05, 3.63) is 30.3 Å². The standard InChI is InChI=1S/C18H25N3O3/c1-24-18(23)21-10-6-5-9-16(21)17(22)20-13-11-19(12-14-20)15-7-3-2-4-8-15/h2-4,7-8,16H,5-6,9-14H2,1H3. The molecule has 0 N–H and O–H groups in total. The van der Waals surface area contributed by atoms with E-state index in [0.717, 1.165) is 32.4 Å². The molecule has 130 valence electrons. The van der Waals surface area contributed by atoms with Gasteiger partial charge < -0.3 is 14.5 Å². The number of piperazine rings is 1. The van der Waals surface area contributed by atoms with Crippen molar-refractivity contribution in [2.75, 3.05) is 44.7 Å². The van der Waals surface area contributed by atoms with Gasteiger partial charge in [0.05, 0.1) is 7.11 Å². The molecule has 24 heavy (non-hydrogen) atoms. The van der Waals surface area contributed by atoms with E-state index in [2.05, 4.69) is 17.0 Å². The zero-order valence-corrected chi connectivity index (χ0v) is 14.2. The summed E-state index contributed by atoms with van der Waals surface area (Å²) in [6.45, 7) is 3.63. The van der Waals surface area contributed by atoms with Gasteiger partial charge in [-0.2, -0.15) is 0 Å². The number of anilines is 1. The lowest BCUT2D eigenvalue weighted by Crippen LogP contribution is -2.57. The third-order valence-electron chi connectivity index (χ3n) is 4.91. The summed E-state index contributed by atoms with van der Waals surface area (Å²) in [5.41, 5.74) is 1.19. The zero-order chi connectivity index (χ0) is 16.9. The molecule has 2 fully saturated rings. The minimum atomic E-state index is -0.393. The van der Waals surface area contributed by atoms with E-state index in [9.17, 15) is 9.59 Å². The maximum absolute atomic E-state index is 12.9. The molecule has 2 aliphatic rings. The lowest BCUT2D eigenvalue weighted by molar-refractivity contribution is -0.137. The van der Waals surface area contributed by atoms with Gasteiger partial charge in [-0.25, -0.2) is 4.79 Å². The Morgan fingerprint density at radius 2 is 1.71 bits per heavy atom. The number of nitrogens with zero attached hydrogens (tertiary/aromatic N) is 3. The first-order chi connectivity index (χ1) is 11.7. The molecule has 6 heteroatoms. The second kappa shape index (κ2) is 7.55. The first-order valence-corrected chi connectivity index (χ1v) is 8.64. The van der Waals surface area contributed by atoms with Gasteiger partial charge in [0, 0.05) is 38.4 Å². The molecule has 6 nitrogen and oxygen atoms in total. The van der Waals surface area contributed by atoms with E-state index in [0.29, 0.717) is 19.6 Å². The maximum Gasteiger partial charge on any atom is 0.410 e. The summed E-state index contributed by atoms with van der Waals surface area (Å²) < 4.78 is 4.84. The fraction of sp³-hybridized carbons (Fsp3) is 0.556. The van der Waals surface area contributed by atoms with Crippen LogP contribution in [0.2, 0.25) is 0 Å². The number of ether oxygens (including phenoxy) is 1. The van der Waals surface area contributed by atoms with Gasteiger partial charge in [0.2, 0.25) is 5.91 Å². The number of para-hydroxylation sites is 1. The van der Waals surface area contributed by atoms with Gasteiger partial charge in [0.15, 0.2) is 0 Å². The van der Waals surface area contributed by atoms with Crippen molar-refractivity contribution in [1.29, 1.82) is 0 Å². The van der Waals surface area contributed by atoms with Gasteiger partial charge in [-0.15, -0.1) is 0 Å². The topological polar surface area (TPSA) is 53.1 Å². The Morgan fingerprint density at radius 1 is 1.00 bits per heavy atom. The smallest absolute Gasteiger partial charge is 0.410 e. The van der Waals surface area contributed by atoms with Crippen LogP contribution in [0.5, 0.6) is 0 Å². The van der Waals surface area contributed by atoms with Crippen molar-refractivity contribution in [1.82, 2.24) is 9.80 Å². The van der Waals surface area contributed by atoms with Gasteiger partial charge >= 0.3 is 6.09 Å². The molecule has 2 amide bonds. The Morgan fingerprint density at radius 3 is 2.38 bits per heavy atom. The number of rotatable bonds is 2. The van der Waals surface area contributed by atoms with Crippen LogP contribution in [0.15, 0.2) is 30.3 Å². The van der Waals surface area contributed by atoms with Crippen LogP contribution in [0, 0.1) is 0 Å². The van der Waals surface area contributed by atoms with Crippen LogP contribution in [0.25, 0.3) is 0 Å². The quantitative estimate of drug-likeness (QED) is 0.831. The molecular formula is C18H25N3O3. The van der Waals surface area contributed by atoms with Crippen molar-refractivity contribution in [3.8, 4) is 0 Å². The van der Waals surface area contributed by atoms with Crippen molar-refractivity contribution in [2.24, 2.45) is 0 Å². The van der Waals surface area contributed by atoms with Crippen LogP contribution < -0.4 is 4.90 Å². The van der Waals surface area contributed by atoms with Gasteiger partial charge in [-0.1, -0.05) is 18.2 Å². The Balaban J connectivity index is 1.61. The molecule has 0 aromatic heterocycles. The van der Waals surface area contributed by atoms with E-state index in [1.807, 2.05) is 23.1 Å². The van der Waals surface area contributed by atoms with Gasteiger partial charge in [-0.3, -0.25) is 9.69 Å². The molecule has 2 aliphatic heterocycles. The number of likely N-dealkylation sites (tertiary alicyclic amines) is 1. The van der Waals surface area contributed by atoms with Crippen LogP contribution in [-0.2, 0) is 9.53 Å². The summed E-state index contributed by atoms with van der Waals surface area (Å²) in [5, 5.41) is 0. The third kappa shape index (κ3) is 3.47. The van der Waals surface area contributed by atoms with E-state index >= 15 is 0 Å². The molecule has 3 rings (SSSR count). The molecular weight excluding hydrogens is 306 g/mol. The lowest BCUT2D eigenvalue weighted by Gasteiger charge is -2.40. The first-order valence-electron chi connectivity index (χ1n) is 8.64. The second-order valence-corrected chi connectivity index (χ2v) is 6.32. The second-order valence-electron chi connectivity index (χ2n) is 6.32. The molecule has 0 saturated carbocycles. The number of benzene rings is 1. The Hall–Kier alpha value is -2.24. The van der Waals surface area contributed by atoms with Crippen molar-refractivity contribution < 1.29 is 14.3 Å². The number of piperidine rings is 1. The minimum absolute atomic E-state index is 0.0628. The average Bonchev–Trinajstić information content (AvgIpc) is 2.67. The van der Waals surface area contributed by atoms with E-state index in [1.165, 1.54) is 12.8 Å². The largest absolute Gasteiger partial charge is 0.453 e. The van der Waals surface area contributed by atoms with Crippen LogP contribution in [0.4, 0.5) is 10.5 Å². The van der Waals surface area contributed by atoms with Crippen LogP contribution >= 0.6 is 0 Å². The molecule has 2 saturated heterocycles. The summed E-state index contributed by atoms with van der Waals surface area (Å²) in [7, 11) is 1.37. The molecule has 1 atom stereocenters. The maximum atomic E-state index is 12.9. The highest BCUT2D eigenvalue weighted by atomic mass is 16.5. The average molecular weight is 331 g/mol.